The SMILES string of the molecule is CC.Cn1cc(-c2ncc(C#CSI)cn2)cn1. The molecular formula is C12H13IN4S. The first-order valence-corrected chi connectivity index (χ1v) is 8.75. The highest BCUT2D eigenvalue weighted by atomic mass is 127. The average Bonchev–Trinajstić information content (AvgIpc) is 2.86. The van der Waals surface area contributed by atoms with Crippen LogP contribution < -0.4 is 0 Å². The number of hydrogen-bond donors (Lipinski definition) is 0. The predicted molar refractivity (Wildman–Crippen MR) is 84.1 cm³/mol. The monoisotopic (exact) mass is 372 g/mol. The molecule has 6 heteroatoms. The Morgan fingerprint density at radius 2 is 1.89 bits per heavy atom. The summed E-state index contributed by atoms with van der Waals surface area (Å²) in [6.07, 6.45) is 7.05. The van der Waals surface area contributed by atoms with E-state index in [2.05, 4.69) is 47.4 Å². The third kappa shape index (κ3) is 4.31. The molecule has 18 heavy (non-hydrogen) atoms. The highest BCUT2D eigenvalue weighted by molar-refractivity contribution is 14.2. The maximum Gasteiger partial charge on any atom is 0.162 e. The Hall–Kier alpha value is -1.07. The number of halogens is 1. The van der Waals surface area contributed by atoms with Crippen LogP contribution in [0.1, 0.15) is 19.4 Å². The molecule has 0 N–H and O–H groups in total. The van der Waals surface area contributed by atoms with E-state index in [0.29, 0.717) is 5.82 Å². The zero-order valence-electron chi connectivity index (χ0n) is 10.4. The minimum atomic E-state index is 0.667. The van der Waals surface area contributed by atoms with Crippen LogP contribution in [0.25, 0.3) is 11.4 Å². The molecule has 0 aliphatic heterocycles. The molecule has 0 amide bonds. The first-order chi connectivity index (χ1) is 8.79. The largest absolute Gasteiger partial charge is 0.275 e. The van der Waals surface area contributed by atoms with Crippen molar-refractivity contribution in [3.8, 4) is 22.6 Å². The van der Waals surface area contributed by atoms with E-state index in [1.807, 2.05) is 27.1 Å². The molecule has 0 atom stereocenters. The normalized spacial score (nSPS) is 8.89. The second-order valence-electron chi connectivity index (χ2n) is 3.00. The summed E-state index contributed by atoms with van der Waals surface area (Å²) in [6, 6.07) is 0. The van der Waals surface area contributed by atoms with Gasteiger partial charge in [-0.15, -0.1) is 0 Å². The van der Waals surface area contributed by atoms with Gasteiger partial charge < -0.3 is 0 Å². The van der Waals surface area contributed by atoms with Gasteiger partial charge in [-0.2, -0.15) is 5.10 Å². The van der Waals surface area contributed by atoms with Gasteiger partial charge in [0, 0.05) is 46.8 Å². The van der Waals surface area contributed by atoms with Gasteiger partial charge >= 0.3 is 0 Å². The summed E-state index contributed by atoms with van der Waals surface area (Å²) < 4.78 is 1.72. The lowest BCUT2D eigenvalue weighted by atomic mass is 10.3. The van der Waals surface area contributed by atoms with Gasteiger partial charge in [-0.3, -0.25) is 4.68 Å². The van der Waals surface area contributed by atoms with Gasteiger partial charge in [-0.1, -0.05) is 19.8 Å². The highest BCUT2D eigenvalue weighted by Crippen LogP contribution is 2.12. The summed E-state index contributed by atoms with van der Waals surface area (Å²) in [4.78, 5) is 8.47. The molecular weight excluding hydrogens is 359 g/mol. The van der Waals surface area contributed by atoms with Gasteiger partial charge in [0.1, 0.15) is 0 Å². The molecule has 0 unspecified atom stereocenters. The van der Waals surface area contributed by atoms with E-state index >= 15 is 0 Å². The molecule has 0 spiro atoms. The van der Waals surface area contributed by atoms with Crippen molar-refractivity contribution in [3.63, 3.8) is 0 Å². The van der Waals surface area contributed by atoms with Crippen LogP contribution in [0, 0.1) is 11.2 Å². The summed E-state index contributed by atoms with van der Waals surface area (Å²) in [5.74, 6) is 3.61. The van der Waals surface area contributed by atoms with Gasteiger partial charge in [0.05, 0.1) is 17.3 Å². The Morgan fingerprint density at radius 1 is 1.22 bits per heavy atom. The van der Waals surface area contributed by atoms with Gasteiger partial charge in [-0.05, 0) is 14.2 Å². The summed E-state index contributed by atoms with van der Waals surface area (Å²) in [5.41, 5.74) is 1.72. The Bertz CT molecular complexity index is 539. The third-order valence-electron chi connectivity index (χ3n) is 1.85. The molecule has 2 rings (SSSR count). The van der Waals surface area contributed by atoms with Crippen molar-refractivity contribution in [2.75, 3.05) is 0 Å². The summed E-state index contributed by atoms with van der Waals surface area (Å²) >= 11 is 2.12. The summed E-state index contributed by atoms with van der Waals surface area (Å²) in [5, 5.41) is 6.95. The topological polar surface area (TPSA) is 43.6 Å². The summed E-state index contributed by atoms with van der Waals surface area (Å²) in [6.45, 7) is 4.00. The molecule has 0 aromatic carbocycles. The Labute approximate surface area is 123 Å². The fraction of sp³-hybridized carbons (Fsp3) is 0.250. The fourth-order valence-corrected chi connectivity index (χ4v) is 1.64. The van der Waals surface area contributed by atoms with E-state index < -0.39 is 0 Å². The molecule has 2 aromatic rings. The van der Waals surface area contributed by atoms with Crippen LogP contribution in [0.15, 0.2) is 24.8 Å². The Morgan fingerprint density at radius 3 is 2.39 bits per heavy atom. The van der Waals surface area contributed by atoms with Crippen LogP contribution in [-0.2, 0) is 7.05 Å². The van der Waals surface area contributed by atoms with E-state index in [4.69, 9.17) is 0 Å². The lowest BCUT2D eigenvalue weighted by Gasteiger charge is -1.94. The molecule has 0 aliphatic carbocycles. The summed E-state index contributed by atoms with van der Waals surface area (Å²) in [7, 11) is 3.30. The van der Waals surface area contributed by atoms with Crippen LogP contribution in [0.2, 0.25) is 0 Å². The van der Waals surface area contributed by atoms with E-state index in [0.717, 1.165) is 11.1 Å². The molecule has 0 aliphatic rings. The van der Waals surface area contributed by atoms with E-state index in [9.17, 15) is 0 Å². The molecule has 94 valence electrons. The minimum Gasteiger partial charge on any atom is -0.275 e. The number of aryl methyl sites for hydroxylation is 1. The van der Waals surface area contributed by atoms with Gasteiger partial charge in [0.25, 0.3) is 0 Å². The average molecular weight is 372 g/mol. The molecule has 0 saturated carbocycles. The van der Waals surface area contributed by atoms with Crippen molar-refractivity contribution in [1.29, 1.82) is 0 Å². The molecule has 0 radical (unpaired) electrons. The van der Waals surface area contributed by atoms with Crippen LogP contribution in [0.4, 0.5) is 0 Å². The predicted octanol–water partition coefficient (Wildman–Crippen LogP) is 3.30. The van der Waals surface area contributed by atoms with Gasteiger partial charge in [0.2, 0.25) is 0 Å². The fourth-order valence-electron chi connectivity index (χ4n) is 1.16. The van der Waals surface area contributed by atoms with Crippen molar-refractivity contribution in [2.45, 2.75) is 13.8 Å². The number of hydrogen-bond acceptors (Lipinski definition) is 4. The van der Waals surface area contributed by atoms with Crippen molar-refractivity contribution >= 4 is 30.1 Å². The van der Waals surface area contributed by atoms with Crippen molar-refractivity contribution < 1.29 is 0 Å². The number of aromatic nitrogens is 4. The highest BCUT2D eigenvalue weighted by Gasteiger charge is 2.02. The van der Waals surface area contributed by atoms with E-state index in [1.54, 1.807) is 23.3 Å². The van der Waals surface area contributed by atoms with E-state index in [1.165, 1.54) is 8.93 Å². The molecule has 2 aromatic heterocycles. The molecule has 0 saturated heterocycles. The third-order valence-corrected chi connectivity index (χ3v) is 2.69. The van der Waals surface area contributed by atoms with Crippen molar-refractivity contribution in [2.24, 2.45) is 7.05 Å². The van der Waals surface area contributed by atoms with Crippen LogP contribution in [-0.4, -0.2) is 19.7 Å². The number of rotatable bonds is 1. The Balaban J connectivity index is 0.000000771. The smallest absolute Gasteiger partial charge is 0.162 e. The minimum absolute atomic E-state index is 0.667. The quantitative estimate of drug-likeness (QED) is 0.569. The molecule has 2 heterocycles. The Kier molecular flexibility index (Phi) is 6.75. The maximum atomic E-state index is 4.24. The van der Waals surface area contributed by atoms with E-state index in [-0.39, 0.29) is 0 Å². The van der Waals surface area contributed by atoms with Crippen molar-refractivity contribution in [1.82, 2.24) is 19.7 Å². The standard InChI is InChI=1S/C10H7IN4S.C2H6/c1-15-7-9(6-14-15)10-12-4-8(5-13-10)2-3-16-11;1-2/h4-7H,1H3;1-2H3. The van der Waals surface area contributed by atoms with Crippen LogP contribution in [0.5, 0.6) is 0 Å². The maximum absolute atomic E-state index is 4.24. The lowest BCUT2D eigenvalue weighted by molar-refractivity contribution is 0.768. The second-order valence-corrected chi connectivity index (χ2v) is 4.68. The lowest BCUT2D eigenvalue weighted by Crippen LogP contribution is -1.88. The molecule has 4 nitrogen and oxygen atoms in total. The van der Waals surface area contributed by atoms with Gasteiger partial charge in [-0.25, -0.2) is 9.97 Å². The number of nitrogens with zero attached hydrogens (tertiary/aromatic N) is 4. The second kappa shape index (κ2) is 8.11. The van der Waals surface area contributed by atoms with Crippen molar-refractivity contribution in [3.05, 3.63) is 30.4 Å². The van der Waals surface area contributed by atoms with Gasteiger partial charge in [0.15, 0.2) is 5.82 Å². The van der Waals surface area contributed by atoms with Crippen LogP contribution >= 0.6 is 30.1 Å². The van der Waals surface area contributed by atoms with Crippen LogP contribution in [0.3, 0.4) is 0 Å². The zero-order chi connectivity index (χ0) is 13.4. The first kappa shape index (κ1) is 15.0. The molecule has 0 fully saturated rings. The molecule has 0 bridgehead atoms. The zero-order valence-corrected chi connectivity index (χ0v) is 13.4. The first-order valence-electron chi connectivity index (χ1n) is 5.39.